The maximum Gasteiger partial charge on any atom is 0.138 e. The minimum Gasteiger partial charge on any atom is -0.310 e. The van der Waals surface area contributed by atoms with Crippen molar-refractivity contribution in [3.63, 3.8) is 0 Å². The van der Waals surface area contributed by atoms with Crippen LogP contribution in [0.2, 0.25) is 0 Å². The largest absolute Gasteiger partial charge is 0.310 e. The van der Waals surface area contributed by atoms with E-state index in [1.54, 1.807) is 17.7 Å². The van der Waals surface area contributed by atoms with Crippen molar-refractivity contribution in [2.45, 2.75) is 39.8 Å². The number of thiophene rings is 1. The molecule has 0 aromatic carbocycles. The molecule has 2 aromatic heterocycles. The molecule has 20 heavy (non-hydrogen) atoms. The molecular weight excluding hydrogens is 383 g/mol. The first-order valence-electron chi connectivity index (χ1n) is 6.94. The Morgan fingerprint density at radius 1 is 1.45 bits per heavy atom. The predicted octanol–water partition coefficient (Wildman–Crippen LogP) is 3.49. The van der Waals surface area contributed by atoms with E-state index in [1.165, 1.54) is 8.45 Å². The van der Waals surface area contributed by atoms with Crippen LogP contribution in [0.4, 0.5) is 0 Å². The Morgan fingerprint density at radius 2 is 2.25 bits per heavy atom. The maximum absolute atomic E-state index is 4.44. The Morgan fingerprint density at radius 3 is 2.85 bits per heavy atom. The van der Waals surface area contributed by atoms with Gasteiger partial charge in [0.1, 0.15) is 12.2 Å². The summed E-state index contributed by atoms with van der Waals surface area (Å²) in [7, 11) is 0. The van der Waals surface area contributed by atoms with E-state index in [0.717, 1.165) is 25.3 Å². The van der Waals surface area contributed by atoms with E-state index < -0.39 is 0 Å². The molecule has 0 aliphatic rings. The second kappa shape index (κ2) is 7.51. The summed E-state index contributed by atoms with van der Waals surface area (Å²) in [6.07, 6.45) is 2.55. The van der Waals surface area contributed by atoms with Crippen molar-refractivity contribution in [3.8, 4) is 0 Å². The van der Waals surface area contributed by atoms with Gasteiger partial charge in [-0.2, -0.15) is 5.10 Å². The second-order valence-electron chi connectivity index (χ2n) is 5.25. The van der Waals surface area contributed by atoms with E-state index in [2.05, 4.69) is 70.2 Å². The lowest BCUT2D eigenvalue weighted by molar-refractivity contribution is 0.447. The minimum atomic E-state index is 0.315. The Balaban J connectivity index is 2.14. The van der Waals surface area contributed by atoms with Crippen LogP contribution in [0.25, 0.3) is 0 Å². The first-order chi connectivity index (χ1) is 9.60. The SMILES string of the molecule is CCNC(Cc1ncnn1CC(C)C)c1csc(I)c1. The van der Waals surface area contributed by atoms with Crippen molar-refractivity contribution in [3.05, 3.63) is 32.0 Å². The van der Waals surface area contributed by atoms with E-state index in [4.69, 9.17) is 0 Å². The van der Waals surface area contributed by atoms with Crippen LogP contribution in [0, 0.1) is 8.80 Å². The van der Waals surface area contributed by atoms with Gasteiger partial charge in [0.2, 0.25) is 0 Å². The number of rotatable bonds is 7. The molecule has 2 heterocycles. The molecule has 0 saturated heterocycles. The molecule has 2 rings (SSSR count). The molecule has 0 fully saturated rings. The van der Waals surface area contributed by atoms with Gasteiger partial charge in [0, 0.05) is 19.0 Å². The summed E-state index contributed by atoms with van der Waals surface area (Å²) in [6.45, 7) is 8.43. The number of aromatic nitrogens is 3. The molecule has 0 aliphatic carbocycles. The van der Waals surface area contributed by atoms with Gasteiger partial charge < -0.3 is 5.32 Å². The fourth-order valence-corrected chi connectivity index (χ4v) is 3.61. The monoisotopic (exact) mass is 404 g/mol. The van der Waals surface area contributed by atoms with Gasteiger partial charge in [0.05, 0.1) is 2.88 Å². The zero-order valence-corrected chi connectivity index (χ0v) is 15.1. The first-order valence-corrected chi connectivity index (χ1v) is 8.90. The molecular formula is C14H21IN4S. The third-order valence-electron chi connectivity index (χ3n) is 3.06. The molecule has 6 heteroatoms. The van der Waals surface area contributed by atoms with Crippen molar-refractivity contribution in [1.29, 1.82) is 0 Å². The molecule has 2 aromatic rings. The van der Waals surface area contributed by atoms with Gasteiger partial charge in [0.15, 0.2) is 0 Å². The number of nitrogens with one attached hydrogen (secondary N) is 1. The highest BCUT2D eigenvalue weighted by molar-refractivity contribution is 14.1. The highest BCUT2D eigenvalue weighted by Gasteiger charge is 2.16. The van der Waals surface area contributed by atoms with Crippen LogP contribution >= 0.6 is 33.9 Å². The van der Waals surface area contributed by atoms with Gasteiger partial charge in [-0.3, -0.25) is 0 Å². The van der Waals surface area contributed by atoms with E-state index in [-0.39, 0.29) is 0 Å². The average Bonchev–Trinajstić information content (AvgIpc) is 2.98. The summed E-state index contributed by atoms with van der Waals surface area (Å²) in [4.78, 5) is 4.44. The third kappa shape index (κ3) is 4.26. The van der Waals surface area contributed by atoms with E-state index in [0.29, 0.717) is 12.0 Å². The molecule has 1 atom stereocenters. The topological polar surface area (TPSA) is 42.7 Å². The van der Waals surface area contributed by atoms with Crippen LogP contribution in [0.3, 0.4) is 0 Å². The van der Waals surface area contributed by atoms with E-state index in [9.17, 15) is 0 Å². The van der Waals surface area contributed by atoms with Gasteiger partial charge in [-0.05, 0) is 52.1 Å². The molecule has 110 valence electrons. The first kappa shape index (κ1) is 15.9. The van der Waals surface area contributed by atoms with Gasteiger partial charge >= 0.3 is 0 Å². The number of nitrogens with zero attached hydrogens (tertiary/aromatic N) is 3. The van der Waals surface area contributed by atoms with Crippen molar-refractivity contribution >= 4 is 33.9 Å². The lowest BCUT2D eigenvalue weighted by Crippen LogP contribution is -2.24. The summed E-state index contributed by atoms with van der Waals surface area (Å²) < 4.78 is 3.36. The Bertz CT molecular complexity index is 535. The summed E-state index contributed by atoms with van der Waals surface area (Å²) in [5, 5.41) is 10.1. The van der Waals surface area contributed by atoms with Gasteiger partial charge in [-0.15, -0.1) is 11.3 Å². The lowest BCUT2D eigenvalue weighted by atomic mass is 10.1. The van der Waals surface area contributed by atoms with E-state index in [1.807, 2.05) is 4.68 Å². The number of likely N-dealkylation sites (N-methyl/N-ethyl adjacent to an activating group) is 1. The minimum absolute atomic E-state index is 0.315. The average molecular weight is 404 g/mol. The highest BCUT2D eigenvalue weighted by Crippen LogP contribution is 2.24. The maximum atomic E-state index is 4.44. The van der Waals surface area contributed by atoms with E-state index >= 15 is 0 Å². The molecule has 0 spiro atoms. The summed E-state index contributed by atoms with van der Waals surface area (Å²) in [5.74, 6) is 1.64. The molecule has 1 unspecified atom stereocenters. The van der Waals surface area contributed by atoms with Crippen LogP contribution in [-0.2, 0) is 13.0 Å². The summed E-state index contributed by atoms with van der Waals surface area (Å²) in [6, 6.07) is 2.57. The van der Waals surface area contributed by atoms with Crippen LogP contribution in [0.15, 0.2) is 17.8 Å². The molecule has 4 nitrogen and oxygen atoms in total. The van der Waals surface area contributed by atoms with Gasteiger partial charge in [-0.25, -0.2) is 9.67 Å². The van der Waals surface area contributed by atoms with Crippen molar-refractivity contribution in [2.75, 3.05) is 6.54 Å². The van der Waals surface area contributed by atoms with Crippen LogP contribution in [0.1, 0.15) is 38.2 Å². The van der Waals surface area contributed by atoms with Crippen molar-refractivity contribution in [1.82, 2.24) is 20.1 Å². The van der Waals surface area contributed by atoms with Gasteiger partial charge in [-0.1, -0.05) is 20.8 Å². The lowest BCUT2D eigenvalue weighted by Gasteiger charge is -2.17. The van der Waals surface area contributed by atoms with Crippen LogP contribution in [0.5, 0.6) is 0 Å². The number of hydrogen-bond acceptors (Lipinski definition) is 4. The Labute approximate surface area is 138 Å². The summed E-state index contributed by atoms with van der Waals surface area (Å²) >= 11 is 4.16. The molecule has 0 amide bonds. The Hall–Kier alpha value is -0.470. The molecule has 0 saturated carbocycles. The number of halogens is 1. The fraction of sp³-hybridized carbons (Fsp3) is 0.571. The smallest absolute Gasteiger partial charge is 0.138 e. The molecule has 1 N–H and O–H groups in total. The summed E-state index contributed by atoms with van der Waals surface area (Å²) in [5.41, 5.74) is 1.35. The normalized spacial score (nSPS) is 13.1. The zero-order chi connectivity index (χ0) is 14.5. The number of hydrogen-bond donors (Lipinski definition) is 1. The Kier molecular flexibility index (Phi) is 5.98. The quantitative estimate of drug-likeness (QED) is 0.719. The van der Waals surface area contributed by atoms with Crippen molar-refractivity contribution < 1.29 is 0 Å². The zero-order valence-electron chi connectivity index (χ0n) is 12.1. The fourth-order valence-electron chi connectivity index (χ4n) is 2.19. The van der Waals surface area contributed by atoms with Crippen LogP contribution < -0.4 is 5.32 Å². The molecule has 0 radical (unpaired) electrons. The second-order valence-corrected chi connectivity index (χ2v) is 8.06. The van der Waals surface area contributed by atoms with Crippen LogP contribution in [-0.4, -0.2) is 21.3 Å². The van der Waals surface area contributed by atoms with Crippen molar-refractivity contribution in [2.24, 2.45) is 5.92 Å². The molecule has 0 aliphatic heterocycles. The third-order valence-corrected chi connectivity index (χ3v) is 4.87. The standard InChI is InChI=1S/C14H21IN4S/c1-4-16-12(11-5-13(15)20-8-11)6-14-17-9-18-19(14)7-10(2)3/h5,8-10,12,16H,4,6-7H2,1-3H3. The highest BCUT2D eigenvalue weighted by atomic mass is 127. The van der Waals surface area contributed by atoms with Gasteiger partial charge in [0.25, 0.3) is 0 Å². The molecule has 0 bridgehead atoms. The predicted molar refractivity (Wildman–Crippen MR) is 92.0 cm³/mol.